The van der Waals surface area contributed by atoms with Crippen molar-refractivity contribution in [2.45, 2.75) is 26.9 Å². The third-order valence-corrected chi connectivity index (χ3v) is 5.08. The van der Waals surface area contributed by atoms with Crippen LogP contribution in [0, 0.1) is 11.3 Å². The van der Waals surface area contributed by atoms with E-state index >= 15 is 0 Å². The van der Waals surface area contributed by atoms with Gasteiger partial charge in [0.25, 0.3) is 0 Å². The van der Waals surface area contributed by atoms with E-state index in [2.05, 4.69) is 16.6 Å². The Kier molecular flexibility index (Phi) is 9.52. The molecule has 3 rings (SSSR count). The van der Waals surface area contributed by atoms with Gasteiger partial charge in [0.15, 0.2) is 11.5 Å². The number of nitrogens with zero attached hydrogens (tertiary/aromatic N) is 2. The fraction of sp³-hybridized carbons (Fsp3) is 0.222. The van der Waals surface area contributed by atoms with Crippen LogP contribution in [0.2, 0.25) is 5.02 Å². The maximum Gasteiger partial charge on any atom is 0.244 e. The predicted molar refractivity (Wildman–Crippen MR) is 135 cm³/mol. The van der Waals surface area contributed by atoms with Gasteiger partial charge in [-0.05, 0) is 66.9 Å². The standard InChI is InChI=1S/C27H26ClN3O4/c1-3-33-23-11-9-19(10-12-23)15-26(32)31-30-17-22-13-24(28)27(25(14-22)34-4-2)35-18-21-7-5-20(16-29)6-8-21/h5-14,17H,3-4,15,18H2,1-2H3,(H,31,32)/b30-17-. The molecule has 0 unspecified atom stereocenters. The van der Waals surface area contributed by atoms with E-state index in [4.69, 9.17) is 31.1 Å². The van der Waals surface area contributed by atoms with Crippen molar-refractivity contribution in [3.63, 3.8) is 0 Å². The van der Waals surface area contributed by atoms with Crippen LogP contribution < -0.4 is 19.6 Å². The number of benzene rings is 3. The van der Waals surface area contributed by atoms with Gasteiger partial charge in [0, 0.05) is 0 Å². The summed E-state index contributed by atoms with van der Waals surface area (Å²) >= 11 is 6.46. The Bertz CT molecular complexity index is 1200. The molecule has 0 aliphatic carbocycles. The molecule has 0 fully saturated rings. The van der Waals surface area contributed by atoms with Gasteiger partial charge in [-0.3, -0.25) is 4.79 Å². The van der Waals surface area contributed by atoms with Crippen LogP contribution in [0.25, 0.3) is 0 Å². The second-order valence-corrected chi connectivity index (χ2v) is 7.81. The molecule has 7 nitrogen and oxygen atoms in total. The van der Waals surface area contributed by atoms with Gasteiger partial charge >= 0.3 is 0 Å². The first-order valence-corrected chi connectivity index (χ1v) is 11.5. The monoisotopic (exact) mass is 491 g/mol. The number of carbonyl (C=O) groups excluding carboxylic acids is 1. The van der Waals surface area contributed by atoms with E-state index < -0.39 is 0 Å². The minimum atomic E-state index is -0.246. The minimum absolute atomic E-state index is 0.191. The largest absolute Gasteiger partial charge is 0.494 e. The third kappa shape index (κ3) is 7.76. The number of halogens is 1. The van der Waals surface area contributed by atoms with E-state index in [0.29, 0.717) is 40.9 Å². The maximum absolute atomic E-state index is 12.2. The molecule has 0 spiro atoms. The molecule has 0 saturated carbocycles. The van der Waals surface area contributed by atoms with Gasteiger partial charge < -0.3 is 14.2 Å². The van der Waals surface area contributed by atoms with Crippen LogP contribution >= 0.6 is 11.6 Å². The van der Waals surface area contributed by atoms with Gasteiger partial charge in [0.1, 0.15) is 12.4 Å². The van der Waals surface area contributed by atoms with Crippen LogP contribution in [0.5, 0.6) is 17.2 Å². The fourth-order valence-electron chi connectivity index (χ4n) is 3.17. The second kappa shape index (κ2) is 13.0. The molecule has 0 aromatic heterocycles. The Morgan fingerprint density at radius 2 is 1.69 bits per heavy atom. The summed E-state index contributed by atoms with van der Waals surface area (Å²) in [5.74, 6) is 1.40. The van der Waals surface area contributed by atoms with Crippen molar-refractivity contribution in [2.75, 3.05) is 13.2 Å². The summed E-state index contributed by atoms with van der Waals surface area (Å²) in [7, 11) is 0. The van der Waals surface area contributed by atoms with Crippen molar-refractivity contribution in [3.8, 4) is 23.3 Å². The van der Waals surface area contributed by atoms with Crippen molar-refractivity contribution >= 4 is 23.7 Å². The predicted octanol–water partition coefficient (Wildman–Crippen LogP) is 5.28. The zero-order valence-electron chi connectivity index (χ0n) is 19.6. The number of ether oxygens (including phenoxy) is 3. The topological polar surface area (TPSA) is 92.9 Å². The Labute approximate surface area is 209 Å². The molecule has 0 aliphatic rings. The highest BCUT2D eigenvalue weighted by Gasteiger charge is 2.13. The number of hydrazone groups is 1. The lowest BCUT2D eigenvalue weighted by molar-refractivity contribution is -0.120. The van der Waals surface area contributed by atoms with Gasteiger partial charge in [0.05, 0.1) is 42.5 Å². The molecular weight excluding hydrogens is 466 g/mol. The molecule has 0 aliphatic heterocycles. The third-order valence-electron chi connectivity index (χ3n) is 4.80. The number of hydrogen-bond acceptors (Lipinski definition) is 6. The Morgan fingerprint density at radius 3 is 2.34 bits per heavy atom. The molecule has 0 heterocycles. The maximum atomic E-state index is 12.2. The number of hydrogen-bond donors (Lipinski definition) is 1. The number of nitriles is 1. The lowest BCUT2D eigenvalue weighted by Crippen LogP contribution is -2.19. The van der Waals surface area contributed by atoms with E-state index in [-0.39, 0.29) is 18.9 Å². The number of rotatable bonds is 11. The fourth-order valence-corrected chi connectivity index (χ4v) is 3.44. The molecule has 0 bridgehead atoms. The Hall–Kier alpha value is -4.02. The van der Waals surface area contributed by atoms with E-state index in [1.54, 1.807) is 24.3 Å². The quantitative estimate of drug-likeness (QED) is 0.291. The van der Waals surface area contributed by atoms with E-state index in [1.165, 1.54) is 6.21 Å². The molecule has 0 radical (unpaired) electrons. The van der Waals surface area contributed by atoms with Crippen molar-refractivity contribution < 1.29 is 19.0 Å². The van der Waals surface area contributed by atoms with Crippen LogP contribution in [0.15, 0.2) is 65.8 Å². The van der Waals surface area contributed by atoms with Gasteiger partial charge in [0.2, 0.25) is 5.91 Å². The minimum Gasteiger partial charge on any atom is -0.494 e. The molecular formula is C27H26ClN3O4. The van der Waals surface area contributed by atoms with Crippen LogP contribution in [-0.4, -0.2) is 25.3 Å². The van der Waals surface area contributed by atoms with Crippen LogP contribution in [0.1, 0.15) is 36.1 Å². The molecule has 0 atom stereocenters. The lowest BCUT2D eigenvalue weighted by atomic mass is 10.1. The normalized spacial score (nSPS) is 10.6. The van der Waals surface area contributed by atoms with E-state index in [0.717, 1.165) is 16.9 Å². The molecule has 1 N–H and O–H groups in total. The summed E-state index contributed by atoms with van der Waals surface area (Å²) in [5, 5.41) is 13.3. The average molecular weight is 492 g/mol. The molecule has 3 aromatic carbocycles. The smallest absolute Gasteiger partial charge is 0.244 e. The molecule has 180 valence electrons. The Morgan fingerprint density at radius 1 is 1.00 bits per heavy atom. The van der Waals surface area contributed by atoms with E-state index in [9.17, 15) is 4.79 Å². The van der Waals surface area contributed by atoms with Crippen molar-refractivity contribution in [3.05, 3.63) is 87.9 Å². The molecule has 8 heteroatoms. The number of amides is 1. The Balaban J connectivity index is 1.62. The lowest BCUT2D eigenvalue weighted by Gasteiger charge is -2.14. The first-order valence-electron chi connectivity index (χ1n) is 11.1. The molecule has 0 saturated heterocycles. The zero-order chi connectivity index (χ0) is 25.0. The SMILES string of the molecule is CCOc1ccc(CC(=O)N/N=C\c2cc(Cl)c(OCc3ccc(C#N)cc3)c(OCC)c2)cc1. The summed E-state index contributed by atoms with van der Waals surface area (Å²) in [4.78, 5) is 12.2. The molecule has 1 amide bonds. The van der Waals surface area contributed by atoms with Gasteiger partial charge in [-0.1, -0.05) is 35.9 Å². The van der Waals surface area contributed by atoms with Crippen LogP contribution in [0.3, 0.4) is 0 Å². The van der Waals surface area contributed by atoms with Gasteiger partial charge in [-0.15, -0.1) is 0 Å². The summed E-state index contributed by atoms with van der Waals surface area (Å²) in [5.41, 5.74) is 5.49. The van der Waals surface area contributed by atoms with Crippen molar-refractivity contribution in [1.82, 2.24) is 5.43 Å². The zero-order valence-corrected chi connectivity index (χ0v) is 20.3. The van der Waals surface area contributed by atoms with Crippen molar-refractivity contribution in [2.24, 2.45) is 5.10 Å². The summed E-state index contributed by atoms with van der Waals surface area (Å²) in [6.07, 6.45) is 1.69. The molecule has 3 aromatic rings. The highest BCUT2D eigenvalue weighted by Crippen LogP contribution is 2.37. The summed E-state index contributed by atoms with van der Waals surface area (Å²) < 4.78 is 17.0. The molecule has 35 heavy (non-hydrogen) atoms. The van der Waals surface area contributed by atoms with Crippen LogP contribution in [-0.2, 0) is 17.8 Å². The first-order chi connectivity index (χ1) is 17.0. The summed E-state index contributed by atoms with van der Waals surface area (Å²) in [6.45, 7) is 5.06. The van der Waals surface area contributed by atoms with Crippen LogP contribution in [0.4, 0.5) is 0 Å². The van der Waals surface area contributed by atoms with Gasteiger partial charge in [-0.25, -0.2) is 5.43 Å². The van der Waals surface area contributed by atoms with Gasteiger partial charge in [-0.2, -0.15) is 10.4 Å². The van der Waals surface area contributed by atoms with E-state index in [1.807, 2.05) is 50.2 Å². The summed E-state index contributed by atoms with van der Waals surface area (Å²) in [6, 6.07) is 20.0. The number of carbonyl (C=O) groups is 1. The highest BCUT2D eigenvalue weighted by molar-refractivity contribution is 6.32. The first kappa shape index (κ1) is 25.6. The second-order valence-electron chi connectivity index (χ2n) is 7.41. The van der Waals surface area contributed by atoms with Crippen molar-refractivity contribution in [1.29, 1.82) is 5.26 Å². The highest BCUT2D eigenvalue weighted by atomic mass is 35.5. The average Bonchev–Trinajstić information content (AvgIpc) is 2.85. The number of nitrogens with one attached hydrogen (secondary N) is 1.